The molecule has 1 heterocycles. The molecule has 0 saturated heterocycles. The summed E-state index contributed by atoms with van der Waals surface area (Å²) in [6, 6.07) is 6.54. The summed E-state index contributed by atoms with van der Waals surface area (Å²) >= 11 is 0. The molecule has 0 aliphatic rings. The van der Waals surface area contributed by atoms with Crippen molar-refractivity contribution in [2.45, 2.75) is 19.4 Å². The highest BCUT2D eigenvalue weighted by Gasteiger charge is 2.26. The minimum atomic E-state index is -1.34. The lowest BCUT2D eigenvalue weighted by Crippen LogP contribution is -2.40. The second kappa shape index (κ2) is 7.15. The summed E-state index contributed by atoms with van der Waals surface area (Å²) in [5.74, 6) is 0.121. The Balaban J connectivity index is 1.97. The maximum atomic E-state index is 13.2. The predicted octanol–water partition coefficient (Wildman–Crippen LogP) is 2.85. The molecule has 0 saturated carbocycles. The third kappa shape index (κ3) is 4.46. The third-order valence-electron chi connectivity index (χ3n) is 3.14. The largest absolute Gasteiger partial charge is 0.492 e. The van der Waals surface area contributed by atoms with Crippen LogP contribution in [0.4, 0.5) is 14.9 Å². The fourth-order valence-corrected chi connectivity index (χ4v) is 1.97. The number of rotatable bonds is 6. The minimum Gasteiger partial charge on any atom is -0.492 e. The van der Waals surface area contributed by atoms with Crippen LogP contribution in [-0.2, 0) is 5.60 Å². The zero-order chi connectivity index (χ0) is 16.9. The average Bonchev–Trinajstić information content (AvgIpc) is 3.04. The van der Waals surface area contributed by atoms with Gasteiger partial charge in [-0.15, -0.1) is 0 Å². The Kier molecular flexibility index (Phi) is 5.23. The fourth-order valence-electron chi connectivity index (χ4n) is 1.97. The van der Waals surface area contributed by atoms with E-state index >= 15 is 0 Å². The number of benzene rings is 1. The molecule has 1 atom stereocenters. The molecule has 7 heteroatoms. The first-order valence-electron chi connectivity index (χ1n) is 7.16. The van der Waals surface area contributed by atoms with Gasteiger partial charge in [0.25, 0.3) is 0 Å². The molecular formula is C16H19FN2O4. The van der Waals surface area contributed by atoms with Crippen molar-refractivity contribution < 1.29 is 23.4 Å². The van der Waals surface area contributed by atoms with E-state index in [1.807, 2.05) is 0 Å². The monoisotopic (exact) mass is 322 g/mol. The van der Waals surface area contributed by atoms with Crippen LogP contribution in [0.25, 0.3) is 0 Å². The molecule has 6 nitrogen and oxygen atoms in total. The normalized spacial score (nSPS) is 13.2. The van der Waals surface area contributed by atoms with Crippen LogP contribution in [0, 0.1) is 5.82 Å². The molecule has 2 rings (SSSR count). The van der Waals surface area contributed by atoms with E-state index in [4.69, 9.17) is 9.15 Å². The lowest BCUT2D eigenvalue weighted by atomic mass is 10.0. The summed E-state index contributed by atoms with van der Waals surface area (Å²) in [5, 5.41) is 15.3. The van der Waals surface area contributed by atoms with Crippen LogP contribution in [-0.4, -0.2) is 24.3 Å². The molecule has 2 amide bonds. The van der Waals surface area contributed by atoms with Crippen LogP contribution in [0.5, 0.6) is 5.75 Å². The van der Waals surface area contributed by atoms with Crippen LogP contribution in [0.2, 0.25) is 0 Å². The summed E-state index contributed by atoms with van der Waals surface area (Å²) in [4.78, 5) is 12.0. The summed E-state index contributed by atoms with van der Waals surface area (Å²) in [6.07, 6.45) is 1.44. The Morgan fingerprint density at radius 1 is 1.43 bits per heavy atom. The van der Waals surface area contributed by atoms with Crippen LogP contribution in [0.15, 0.2) is 41.0 Å². The van der Waals surface area contributed by atoms with Crippen LogP contribution in [0.3, 0.4) is 0 Å². The van der Waals surface area contributed by atoms with Crippen molar-refractivity contribution in [3.05, 3.63) is 48.2 Å². The van der Waals surface area contributed by atoms with Crippen LogP contribution in [0.1, 0.15) is 19.6 Å². The van der Waals surface area contributed by atoms with Crippen molar-refractivity contribution in [3.8, 4) is 5.75 Å². The van der Waals surface area contributed by atoms with E-state index in [0.29, 0.717) is 18.1 Å². The molecule has 1 unspecified atom stereocenters. The highest BCUT2D eigenvalue weighted by Crippen LogP contribution is 2.25. The highest BCUT2D eigenvalue weighted by molar-refractivity contribution is 5.90. The number of aliphatic hydroxyl groups is 1. The molecule has 0 radical (unpaired) electrons. The molecule has 0 aliphatic carbocycles. The topological polar surface area (TPSA) is 83.7 Å². The van der Waals surface area contributed by atoms with E-state index in [0.717, 1.165) is 0 Å². The molecule has 2 aromatic rings. The predicted molar refractivity (Wildman–Crippen MR) is 82.9 cm³/mol. The van der Waals surface area contributed by atoms with Crippen LogP contribution < -0.4 is 15.4 Å². The maximum absolute atomic E-state index is 13.2. The van der Waals surface area contributed by atoms with Gasteiger partial charge in [0.1, 0.15) is 22.9 Å². The van der Waals surface area contributed by atoms with Gasteiger partial charge in [0.15, 0.2) is 0 Å². The van der Waals surface area contributed by atoms with E-state index in [1.165, 1.54) is 31.4 Å². The second-order valence-electron chi connectivity index (χ2n) is 5.13. The fraction of sp³-hybridized carbons (Fsp3) is 0.312. The SMILES string of the molecule is CCOc1cc(F)ccc1NC(=O)NCC(C)(O)c1ccco1. The van der Waals surface area contributed by atoms with Gasteiger partial charge >= 0.3 is 6.03 Å². The van der Waals surface area contributed by atoms with E-state index in [-0.39, 0.29) is 12.3 Å². The van der Waals surface area contributed by atoms with Gasteiger partial charge in [0.2, 0.25) is 0 Å². The van der Waals surface area contributed by atoms with Crippen molar-refractivity contribution in [1.29, 1.82) is 0 Å². The third-order valence-corrected chi connectivity index (χ3v) is 3.14. The summed E-state index contributed by atoms with van der Waals surface area (Å²) in [5.41, 5.74) is -1.00. The molecule has 124 valence electrons. The Hall–Kier alpha value is -2.54. The average molecular weight is 322 g/mol. The number of hydrogen-bond acceptors (Lipinski definition) is 4. The van der Waals surface area contributed by atoms with E-state index < -0.39 is 17.4 Å². The smallest absolute Gasteiger partial charge is 0.319 e. The number of carbonyl (C=O) groups is 1. The number of anilines is 1. The van der Waals surface area contributed by atoms with Gasteiger partial charge in [-0.05, 0) is 38.1 Å². The molecule has 0 spiro atoms. The van der Waals surface area contributed by atoms with Crippen molar-refractivity contribution in [1.82, 2.24) is 5.32 Å². The number of ether oxygens (including phenoxy) is 1. The van der Waals surface area contributed by atoms with Gasteiger partial charge in [-0.3, -0.25) is 0 Å². The first kappa shape index (κ1) is 16.8. The number of halogens is 1. The number of carbonyl (C=O) groups excluding carboxylic acids is 1. The van der Waals surface area contributed by atoms with Gasteiger partial charge in [0.05, 0.1) is 25.1 Å². The zero-order valence-corrected chi connectivity index (χ0v) is 12.9. The van der Waals surface area contributed by atoms with Crippen LogP contribution >= 0.6 is 0 Å². The molecule has 0 fully saturated rings. The lowest BCUT2D eigenvalue weighted by molar-refractivity contribution is 0.0372. The van der Waals surface area contributed by atoms with E-state index in [2.05, 4.69) is 10.6 Å². The molecule has 0 bridgehead atoms. The highest BCUT2D eigenvalue weighted by atomic mass is 19.1. The van der Waals surface area contributed by atoms with Gasteiger partial charge in [-0.1, -0.05) is 0 Å². The van der Waals surface area contributed by atoms with Crippen molar-refractivity contribution in [2.75, 3.05) is 18.5 Å². The number of hydrogen-bond donors (Lipinski definition) is 3. The lowest BCUT2D eigenvalue weighted by Gasteiger charge is -2.21. The molecule has 1 aromatic heterocycles. The number of amides is 2. The first-order valence-corrected chi connectivity index (χ1v) is 7.16. The molecule has 3 N–H and O–H groups in total. The maximum Gasteiger partial charge on any atom is 0.319 e. The second-order valence-corrected chi connectivity index (χ2v) is 5.13. The quantitative estimate of drug-likeness (QED) is 0.763. The van der Waals surface area contributed by atoms with E-state index in [1.54, 1.807) is 19.1 Å². The zero-order valence-electron chi connectivity index (χ0n) is 12.9. The Labute approximate surface area is 133 Å². The van der Waals surface area contributed by atoms with Gasteiger partial charge in [-0.25, -0.2) is 9.18 Å². The minimum absolute atomic E-state index is 0.0580. The molecule has 1 aromatic carbocycles. The summed E-state index contributed by atoms with van der Waals surface area (Å²) in [7, 11) is 0. The van der Waals surface area contributed by atoms with Gasteiger partial charge in [0, 0.05) is 6.07 Å². The van der Waals surface area contributed by atoms with Crippen molar-refractivity contribution >= 4 is 11.7 Å². The summed E-state index contributed by atoms with van der Waals surface area (Å²) < 4.78 is 23.6. The molecular weight excluding hydrogens is 303 g/mol. The van der Waals surface area contributed by atoms with Crippen molar-refractivity contribution in [2.24, 2.45) is 0 Å². The summed E-state index contributed by atoms with van der Waals surface area (Å²) in [6.45, 7) is 3.56. The first-order chi connectivity index (χ1) is 10.9. The number of nitrogens with one attached hydrogen (secondary N) is 2. The van der Waals surface area contributed by atoms with Crippen molar-refractivity contribution in [3.63, 3.8) is 0 Å². The molecule has 23 heavy (non-hydrogen) atoms. The van der Waals surface area contributed by atoms with Gasteiger partial charge < -0.3 is 24.9 Å². The number of furan rings is 1. The van der Waals surface area contributed by atoms with Gasteiger partial charge in [-0.2, -0.15) is 0 Å². The van der Waals surface area contributed by atoms with E-state index in [9.17, 15) is 14.3 Å². The number of urea groups is 1. The Bertz CT molecular complexity index is 656. The standard InChI is InChI=1S/C16H19FN2O4/c1-3-22-13-9-11(17)6-7-12(13)19-15(20)18-10-16(2,21)14-5-4-8-23-14/h4-9,21H,3,10H2,1-2H3,(H2,18,19,20). The Morgan fingerprint density at radius 2 is 2.22 bits per heavy atom. The Morgan fingerprint density at radius 3 is 2.87 bits per heavy atom. The molecule has 0 aliphatic heterocycles.